The van der Waals surface area contributed by atoms with Gasteiger partial charge in [0, 0.05) is 29.7 Å². The lowest BCUT2D eigenvalue weighted by Crippen LogP contribution is -2.37. The molecule has 1 atom stereocenters. The molecule has 0 aromatic carbocycles. The zero-order valence-electron chi connectivity index (χ0n) is 12.5. The Hall–Kier alpha value is -1.72. The number of pyridine rings is 1. The second-order valence-corrected chi connectivity index (χ2v) is 6.42. The maximum Gasteiger partial charge on any atom is 0.252 e. The fourth-order valence-electron chi connectivity index (χ4n) is 2.74. The number of nitrogens with one attached hydrogen (secondary N) is 2. The molecule has 0 saturated carbocycles. The normalized spacial score (nSPS) is 18.1. The van der Waals surface area contributed by atoms with Gasteiger partial charge in [-0.2, -0.15) is 11.3 Å². The van der Waals surface area contributed by atoms with Crippen LogP contribution < -0.4 is 10.6 Å². The summed E-state index contributed by atoms with van der Waals surface area (Å²) >= 11 is 1.64. The third-order valence-electron chi connectivity index (χ3n) is 4.03. The van der Waals surface area contributed by atoms with Gasteiger partial charge >= 0.3 is 0 Å². The second-order valence-electron chi connectivity index (χ2n) is 5.64. The van der Waals surface area contributed by atoms with Gasteiger partial charge in [0.25, 0.3) is 5.91 Å². The fraction of sp³-hybridized carbons (Fsp3) is 0.412. The Bertz CT molecular complexity index is 589. The van der Waals surface area contributed by atoms with Crippen molar-refractivity contribution in [2.45, 2.75) is 31.7 Å². The second kappa shape index (κ2) is 7.51. The molecule has 22 heavy (non-hydrogen) atoms. The number of carbonyl (C=O) groups is 1. The van der Waals surface area contributed by atoms with Crippen molar-refractivity contribution in [1.29, 1.82) is 0 Å². The standard InChI is InChI=1S/C17H21N3OS/c21-17(19-9-6-15-3-1-2-8-18-15)13-4-5-16(20-11-13)14-7-10-22-12-14/h4-5,7,10-12,15,18H,1-3,6,8-9H2,(H,19,21). The molecule has 1 saturated heterocycles. The Morgan fingerprint density at radius 1 is 1.36 bits per heavy atom. The number of thiophene rings is 1. The Morgan fingerprint density at radius 3 is 3.00 bits per heavy atom. The van der Waals surface area contributed by atoms with E-state index in [2.05, 4.69) is 21.0 Å². The molecule has 0 aliphatic carbocycles. The van der Waals surface area contributed by atoms with E-state index in [4.69, 9.17) is 0 Å². The first-order chi connectivity index (χ1) is 10.8. The summed E-state index contributed by atoms with van der Waals surface area (Å²) in [7, 11) is 0. The lowest BCUT2D eigenvalue weighted by molar-refractivity contribution is 0.0951. The van der Waals surface area contributed by atoms with Crippen molar-refractivity contribution in [2.24, 2.45) is 0 Å². The van der Waals surface area contributed by atoms with Crippen molar-refractivity contribution in [1.82, 2.24) is 15.6 Å². The number of amides is 1. The van der Waals surface area contributed by atoms with E-state index in [-0.39, 0.29) is 5.91 Å². The van der Waals surface area contributed by atoms with Crippen LogP contribution in [0.25, 0.3) is 11.3 Å². The fourth-order valence-corrected chi connectivity index (χ4v) is 3.39. The summed E-state index contributed by atoms with van der Waals surface area (Å²) in [5.41, 5.74) is 2.63. The van der Waals surface area contributed by atoms with Gasteiger partial charge in [0.1, 0.15) is 0 Å². The van der Waals surface area contributed by atoms with Crippen LogP contribution in [0.4, 0.5) is 0 Å². The first-order valence-electron chi connectivity index (χ1n) is 7.83. The molecule has 1 aliphatic rings. The van der Waals surface area contributed by atoms with Gasteiger partial charge in [-0.15, -0.1) is 0 Å². The largest absolute Gasteiger partial charge is 0.352 e. The van der Waals surface area contributed by atoms with Crippen molar-refractivity contribution in [3.05, 3.63) is 40.7 Å². The number of hydrogen-bond acceptors (Lipinski definition) is 4. The number of carbonyl (C=O) groups excluding carboxylic acids is 1. The smallest absolute Gasteiger partial charge is 0.252 e. The van der Waals surface area contributed by atoms with Crippen molar-refractivity contribution in [3.63, 3.8) is 0 Å². The molecule has 4 nitrogen and oxygen atoms in total. The van der Waals surface area contributed by atoms with Gasteiger partial charge in [-0.1, -0.05) is 6.42 Å². The lowest BCUT2D eigenvalue weighted by Gasteiger charge is -2.23. The minimum atomic E-state index is -0.0415. The molecule has 3 rings (SSSR count). The Kier molecular flexibility index (Phi) is 5.19. The maximum atomic E-state index is 12.1. The van der Waals surface area contributed by atoms with Gasteiger partial charge < -0.3 is 10.6 Å². The van der Waals surface area contributed by atoms with Gasteiger partial charge in [-0.3, -0.25) is 9.78 Å². The maximum absolute atomic E-state index is 12.1. The van der Waals surface area contributed by atoms with Crippen molar-refractivity contribution < 1.29 is 4.79 Å². The number of aromatic nitrogens is 1. The summed E-state index contributed by atoms with van der Waals surface area (Å²) in [4.78, 5) is 16.5. The Morgan fingerprint density at radius 2 is 2.32 bits per heavy atom. The highest BCUT2D eigenvalue weighted by Gasteiger charge is 2.13. The van der Waals surface area contributed by atoms with Crippen LogP contribution in [0.3, 0.4) is 0 Å². The monoisotopic (exact) mass is 315 g/mol. The summed E-state index contributed by atoms with van der Waals surface area (Å²) in [5.74, 6) is -0.0415. The average Bonchev–Trinajstić information content (AvgIpc) is 3.10. The van der Waals surface area contributed by atoms with Gasteiger partial charge in [0.05, 0.1) is 11.3 Å². The quantitative estimate of drug-likeness (QED) is 0.891. The third-order valence-corrected chi connectivity index (χ3v) is 4.72. The van der Waals surface area contributed by atoms with Crippen molar-refractivity contribution in [2.75, 3.05) is 13.1 Å². The number of piperidine rings is 1. The summed E-state index contributed by atoms with van der Waals surface area (Å²) in [6, 6.07) is 6.32. The number of nitrogens with zero attached hydrogens (tertiary/aromatic N) is 1. The predicted molar refractivity (Wildman–Crippen MR) is 90.1 cm³/mol. The summed E-state index contributed by atoms with van der Waals surface area (Å²) in [6.45, 7) is 1.81. The molecule has 5 heteroatoms. The van der Waals surface area contributed by atoms with Crippen LogP contribution in [0.5, 0.6) is 0 Å². The highest BCUT2D eigenvalue weighted by molar-refractivity contribution is 7.08. The number of hydrogen-bond donors (Lipinski definition) is 2. The topological polar surface area (TPSA) is 54.0 Å². The molecule has 3 heterocycles. The molecule has 0 bridgehead atoms. The van der Waals surface area contributed by atoms with Crippen LogP contribution >= 0.6 is 11.3 Å². The van der Waals surface area contributed by atoms with E-state index >= 15 is 0 Å². The van der Waals surface area contributed by atoms with E-state index < -0.39 is 0 Å². The van der Waals surface area contributed by atoms with E-state index in [1.807, 2.05) is 23.6 Å². The molecular weight excluding hydrogens is 294 g/mol. The molecule has 2 N–H and O–H groups in total. The molecule has 1 aliphatic heterocycles. The van der Waals surface area contributed by atoms with Gasteiger partial charge in [-0.05, 0) is 49.4 Å². The molecule has 116 valence electrons. The molecule has 2 aromatic rings. The molecule has 0 radical (unpaired) electrons. The van der Waals surface area contributed by atoms with Crippen molar-refractivity contribution in [3.8, 4) is 11.3 Å². The zero-order chi connectivity index (χ0) is 15.2. The van der Waals surface area contributed by atoms with Gasteiger partial charge in [0.2, 0.25) is 0 Å². The number of rotatable bonds is 5. The van der Waals surface area contributed by atoms with Crippen LogP contribution in [-0.4, -0.2) is 30.0 Å². The van der Waals surface area contributed by atoms with E-state index in [0.717, 1.165) is 24.2 Å². The zero-order valence-corrected chi connectivity index (χ0v) is 13.4. The van der Waals surface area contributed by atoms with Gasteiger partial charge in [0.15, 0.2) is 0 Å². The van der Waals surface area contributed by atoms with Crippen LogP contribution in [-0.2, 0) is 0 Å². The van der Waals surface area contributed by atoms with Crippen molar-refractivity contribution >= 4 is 17.2 Å². The Labute approximate surface area is 135 Å². The molecule has 0 spiro atoms. The third kappa shape index (κ3) is 3.93. The Balaban J connectivity index is 1.49. The van der Waals surface area contributed by atoms with Crippen LogP contribution in [0.1, 0.15) is 36.0 Å². The average molecular weight is 315 g/mol. The summed E-state index contributed by atoms with van der Waals surface area (Å²) in [5, 5.41) is 10.6. The van der Waals surface area contributed by atoms with Gasteiger partial charge in [-0.25, -0.2) is 0 Å². The molecule has 2 aromatic heterocycles. The highest BCUT2D eigenvalue weighted by atomic mass is 32.1. The van der Waals surface area contributed by atoms with Crippen LogP contribution in [0, 0.1) is 0 Å². The predicted octanol–water partition coefficient (Wildman–Crippen LogP) is 3.07. The van der Waals surface area contributed by atoms with Crippen LogP contribution in [0.2, 0.25) is 0 Å². The molecular formula is C17H21N3OS. The van der Waals surface area contributed by atoms with E-state index in [0.29, 0.717) is 18.2 Å². The van der Waals surface area contributed by atoms with E-state index in [1.165, 1.54) is 19.3 Å². The highest BCUT2D eigenvalue weighted by Crippen LogP contribution is 2.19. The first kappa shape index (κ1) is 15.2. The van der Waals surface area contributed by atoms with E-state index in [9.17, 15) is 4.79 Å². The molecule has 1 amide bonds. The lowest BCUT2D eigenvalue weighted by atomic mass is 10.0. The molecule has 1 fully saturated rings. The minimum absolute atomic E-state index is 0.0415. The summed E-state index contributed by atoms with van der Waals surface area (Å²) < 4.78 is 0. The summed E-state index contributed by atoms with van der Waals surface area (Å²) in [6.07, 6.45) is 6.42. The first-order valence-corrected chi connectivity index (χ1v) is 8.77. The minimum Gasteiger partial charge on any atom is -0.352 e. The van der Waals surface area contributed by atoms with Crippen LogP contribution in [0.15, 0.2) is 35.2 Å². The van der Waals surface area contributed by atoms with E-state index in [1.54, 1.807) is 17.5 Å². The molecule has 1 unspecified atom stereocenters. The SMILES string of the molecule is O=C(NCCC1CCCCN1)c1ccc(-c2ccsc2)nc1.